The summed E-state index contributed by atoms with van der Waals surface area (Å²) in [6, 6.07) is 15.4. The van der Waals surface area contributed by atoms with Crippen molar-refractivity contribution < 1.29 is 33.4 Å². The quantitative estimate of drug-likeness (QED) is 0.215. The lowest BCUT2D eigenvalue weighted by atomic mass is 9.56. The molecule has 1 saturated carbocycles. The summed E-state index contributed by atoms with van der Waals surface area (Å²) in [6.45, 7) is 0.0680. The second-order valence-electron chi connectivity index (χ2n) is 11.7. The maximum absolute atomic E-state index is 14.4. The lowest BCUT2D eigenvalue weighted by Gasteiger charge is -2.50. The van der Waals surface area contributed by atoms with E-state index in [2.05, 4.69) is 0 Å². The van der Waals surface area contributed by atoms with Crippen LogP contribution in [0.5, 0.6) is 5.75 Å². The number of allylic oxidation sites excluding steroid dienone is 2. The zero-order chi connectivity index (χ0) is 31.7. The molecule has 4 amide bonds. The Morgan fingerprint density at radius 2 is 1.69 bits per heavy atom. The van der Waals surface area contributed by atoms with Gasteiger partial charge < -0.3 is 9.84 Å². The Labute approximate surface area is 272 Å². The van der Waals surface area contributed by atoms with Gasteiger partial charge in [0.2, 0.25) is 11.8 Å². The van der Waals surface area contributed by atoms with Crippen LogP contribution in [0.1, 0.15) is 29.2 Å². The van der Waals surface area contributed by atoms with E-state index in [0.717, 1.165) is 21.9 Å². The largest absolute Gasteiger partial charge is 0.491 e. The number of amides is 4. The van der Waals surface area contributed by atoms with E-state index in [1.165, 1.54) is 28.4 Å². The molecule has 6 unspecified atom stereocenters. The average molecular weight is 670 g/mol. The number of benzene rings is 2. The minimum atomic E-state index is -2.01. The first-order chi connectivity index (χ1) is 21.6. The summed E-state index contributed by atoms with van der Waals surface area (Å²) < 4.78 is 19.3. The van der Waals surface area contributed by atoms with Crippen LogP contribution in [0.15, 0.2) is 77.7 Å². The number of halogens is 3. The molecule has 1 N–H and O–H groups in total. The zero-order valence-electron chi connectivity index (χ0n) is 23.7. The number of nitrogens with zero attached hydrogens (tertiary/aromatic N) is 2. The number of aliphatic hydroxyl groups excluding tert-OH is 1. The molecule has 12 heteroatoms. The van der Waals surface area contributed by atoms with Crippen molar-refractivity contribution in [3.8, 4) is 5.75 Å². The number of imide groups is 2. The molecule has 1 aromatic heterocycles. The van der Waals surface area contributed by atoms with Crippen LogP contribution in [0.3, 0.4) is 0 Å². The SMILES string of the molecule is O=C1C2CC=C3C(CC4(Cl)C(=O)N(c5ccc(F)cc5)C(=O)C4(Cl)C3c3ccc(OCCO)cc3)C2C(=O)N1Cc1cccs1. The highest BCUT2D eigenvalue weighted by Crippen LogP contribution is 2.65. The number of anilines is 1. The first-order valence-corrected chi connectivity index (χ1v) is 16.2. The summed E-state index contributed by atoms with van der Waals surface area (Å²) in [5, 5.41) is 11.0. The Bertz CT molecular complexity index is 1730. The molecule has 2 aliphatic carbocycles. The van der Waals surface area contributed by atoms with Gasteiger partial charge in [-0.3, -0.25) is 24.1 Å². The Balaban J connectivity index is 1.35. The third kappa shape index (κ3) is 4.40. The predicted octanol–water partition coefficient (Wildman–Crippen LogP) is 5.02. The maximum Gasteiger partial charge on any atom is 0.258 e. The van der Waals surface area contributed by atoms with Gasteiger partial charge in [-0.2, -0.15) is 0 Å². The summed E-state index contributed by atoms with van der Waals surface area (Å²) in [7, 11) is 0. The third-order valence-electron chi connectivity index (χ3n) is 9.45. The zero-order valence-corrected chi connectivity index (χ0v) is 26.0. The van der Waals surface area contributed by atoms with Gasteiger partial charge in [-0.05, 0) is 72.2 Å². The van der Waals surface area contributed by atoms with E-state index in [-0.39, 0.29) is 50.1 Å². The fraction of sp³-hybridized carbons (Fsp3) is 0.333. The monoisotopic (exact) mass is 668 g/mol. The molecule has 232 valence electrons. The molecule has 2 saturated heterocycles. The van der Waals surface area contributed by atoms with Gasteiger partial charge in [0, 0.05) is 10.8 Å². The number of carbonyl (C=O) groups excluding carboxylic acids is 4. The van der Waals surface area contributed by atoms with Gasteiger partial charge in [0.25, 0.3) is 11.8 Å². The van der Waals surface area contributed by atoms with Crippen molar-refractivity contribution in [1.82, 2.24) is 4.90 Å². The molecule has 0 spiro atoms. The van der Waals surface area contributed by atoms with Crippen LogP contribution in [0, 0.1) is 23.6 Å². The molecule has 3 heterocycles. The smallest absolute Gasteiger partial charge is 0.258 e. The number of ether oxygens (including phenoxy) is 1. The topological polar surface area (TPSA) is 104 Å². The molecule has 3 aromatic rings. The minimum absolute atomic E-state index is 0.0844. The molecular formula is C33H27Cl2FN2O6S. The molecule has 7 rings (SSSR count). The van der Waals surface area contributed by atoms with Crippen molar-refractivity contribution in [3.05, 3.63) is 94.0 Å². The second kappa shape index (κ2) is 11.0. The van der Waals surface area contributed by atoms with E-state index in [1.807, 2.05) is 23.6 Å². The molecule has 0 radical (unpaired) electrons. The maximum atomic E-state index is 14.4. The van der Waals surface area contributed by atoms with Gasteiger partial charge in [-0.25, -0.2) is 9.29 Å². The molecule has 6 atom stereocenters. The summed E-state index contributed by atoms with van der Waals surface area (Å²) in [5.41, 5.74) is 1.36. The highest BCUT2D eigenvalue weighted by atomic mass is 35.5. The number of thiophene rings is 1. The number of aliphatic hydroxyl groups is 1. The number of rotatable bonds is 7. The van der Waals surface area contributed by atoms with Crippen molar-refractivity contribution in [1.29, 1.82) is 0 Å². The van der Waals surface area contributed by atoms with Crippen LogP contribution in [0.4, 0.5) is 10.1 Å². The summed E-state index contributed by atoms with van der Waals surface area (Å²) >= 11 is 16.2. The Morgan fingerprint density at radius 3 is 2.36 bits per heavy atom. The van der Waals surface area contributed by atoms with E-state index < -0.39 is 51.1 Å². The van der Waals surface area contributed by atoms with Crippen molar-refractivity contribution in [2.24, 2.45) is 17.8 Å². The molecule has 0 bridgehead atoms. The van der Waals surface area contributed by atoms with Gasteiger partial charge in [-0.15, -0.1) is 34.5 Å². The van der Waals surface area contributed by atoms with E-state index in [0.29, 0.717) is 16.9 Å². The highest BCUT2D eigenvalue weighted by molar-refractivity contribution is 7.09. The van der Waals surface area contributed by atoms with Gasteiger partial charge in [-0.1, -0.05) is 29.8 Å². The fourth-order valence-electron chi connectivity index (χ4n) is 7.47. The van der Waals surface area contributed by atoms with Crippen LogP contribution >= 0.6 is 34.5 Å². The summed E-state index contributed by atoms with van der Waals surface area (Å²) in [4.78, 5) is 55.4. The first kappa shape index (κ1) is 30.1. The normalized spacial score (nSPS) is 30.7. The molecule has 8 nitrogen and oxygen atoms in total. The molecule has 3 fully saturated rings. The van der Waals surface area contributed by atoms with Crippen LogP contribution in [-0.4, -0.2) is 56.6 Å². The highest BCUT2D eigenvalue weighted by Gasteiger charge is 2.76. The Kier molecular flexibility index (Phi) is 7.39. The van der Waals surface area contributed by atoms with Crippen LogP contribution in [-0.2, 0) is 25.7 Å². The molecule has 2 aromatic carbocycles. The number of carbonyl (C=O) groups is 4. The van der Waals surface area contributed by atoms with Gasteiger partial charge in [0.15, 0.2) is 9.75 Å². The number of likely N-dealkylation sites (tertiary alicyclic amines) is 1. The minimum Gasteiger partial charge on any atom is -0.491 e. The Morgan fingerprint density at radius 1 is 0.956 bits per heavy atom. The van der Waals surface area contributed by atoms with Crippen molar-refractivity contribution >= 4 is 63.9 Å². The Hall–Kier alpha value is -3.57. The molecular weight excluding hydrogens is 642 g/mol. The van der Waals surface area contributed by atoms with Gasteiger partial charge >= 0.3 is 0 Å². The molecule has 2 aliphatic heterocycles. The lowest BCUT2D eigenvalue weighted by molar-refractivity contribution is -0.141. The van der Waals surface area contributed by atoms with Crippen molar-refractivity contribution in [2.45, 2.75) is 35.1 Å². The van der Waals surface area contributed by atoms with E-state index in [1.54, 1.807) is 24.3 Å². The third-order valence-corrected chi connectivity index (χ3v) is 11.7. The lowest BCUT2D eigenvalue weighted by Crippen LogP contribution is -2.60. The number of alkyl halides is 2. The number of hydrogen-bond acceptors (Lipinski definition) is 7. The van der Waals surface area contributed by atoms with Gasteiger partial charge in [0.05, 0.1) is 30.7 Å². The standard InChI is InChI=1S/C33H27Cl2FN2O6S/c34-32-16-25-23(11-12-24-26(25)29(41)37(28(24)40)17-22-2-1-15-45-22)27(18-3-9-21(10-4-18)44-14-13-39)33(32,35)31(43)38(30(32)42)20-7-5-19(36)6-8-20/h1-11,15,24-27,39H,12-14,16-17H2. The van der Waals surface area contributed by atoms with Crippen LogP contribution in [0.25, 0.3) is 0 Å². The fourth-order valence-corrected chi connectivity index (χ4v) is 9.10. The molecule has 4 aliphatic rings. The average Bonchev–Trinajstić information content (AvgIpc) is 3.68. The number of fused-ring (bicyclic) bond motifs is 4. The predicted molar refractivity (Wildman–Crippen MR) is 165 cm³/mol. The van der Waals surface area contributed by atoms with Crippen molar-refractivity contribution in [3.63, 3.8) is 0 Å². The van der Waals surface area contributed by atoms with Crippen LogP contribution in [0.2, 0.25) is 0 Å². The van der Waals surface area contributed by atoms with Crippen LogP contribution < -0.4 is 9.64 Å². The molecule has 45 heavy (non-hydrogen) atoms. The van der Waals surface area contributed by atoms with E-state index >= 15 is 0 Å². The number of hydrogen-bond donors (Lipinski definition) is 1. The van der Waals surface area contributed by atoms with E-state index in [9.17, 15) is 23.6 Å². The second-order valence-corrected chi connectivity index (χ2v) is 14.0. The van der Waals surface area contributed by atoms with Gasteiger partial charge in [0.1, 0.15) is 18.2 Å². The summed E-state index contributed by atoms with van der Waals surface area (Å²) in [5.74, 6) is -5.22. The summed E-state index contributed by atoms with van der Waals surface area (Å²) in [6.07, 6.45) is 2.00. The first-order valence-electron chi connectivity index (χ1n) is 14.5. The van der Waals surface area contributed by atoms with Crippen molar-refractivity contribution in [2.75, 3.05) is 18.1 Å². The van der Waals surface area contributed by atoms with E-state index in [4.69, 9.17) is 33.0 Å².